The van der Waals surface area contributed by atoms with Gasteiger partial charge in [-0.3, -0.25) is 0 Å². The zero-order valence-corrected chi connectivity index (χ0v) is 9.79. The van der Waals surface area contributed by atoms with Crippen molar-refractivity contribution < 1.29 is 5.11 Å². The minimum absolute atomic E-state index is 0.252. The van der Waals surface area contributed by atoms with Crippen LogP contribution in [0.1, 0.15) is 46.5 Å². The molecular weight excluding hydrogens is 174 g/mol. The van der Waals surface area contributed by atoms with E-state index in [0.29, 0.717) is 6.04 Å². The molecule has 0 amide bonds. The molecule has 0 radical (unpaired) electrons. The van der Waals surface area contributed by atoms with Crippen molar-refractivity contribution in [2.24, 2.45) is 11.8 Å². The molecule has 14 heavy (non-hydrogen) atoms. The van der Waals surface area contributed by atoms with Gasteiger partial charge in [0.2, 0.25) is 0 Å². The topological polar surface area (TPSA) is 32.3 Å². The van der Waals surface area contributed by atoms with E-state index in [1.54, 1.807) is 0 Å². The maximum atomic E-state index is 9.01. The molecule has 1 aliphatic rings. The van der Waals surface area contributed by atoms with Gasteiger partial charge in [-0.05, 0) is 38.0 Å². The molecule has 2 N–H and O–H groups in total. The molecule has 0 saturated heterocycles. The first-order valence-electron chi connectivity index (χ1n) is 6.04. The molecule has 2 nitrogen and oxygen atoms in total. The van der Waals surface area contributed by atoms with Crippen LogP contribution in [-0.2, 0) is 0 Å². The van der Waals surface area contributed by atoms with Crippen molar-refractivity contribution in [2.45, 2.75) is 58.5 Å². The average molecular weight is 199 g/mol. The monoisotopic (exact) mass is 199 g/mol. The summed E-state index contributed by atoms with van der Waals surface area (Å²) in [6.45, 7) is 6.95. The number of rotatable bonds is 4. The molecule has 0 aliphatic heterocycles. The van der Waals surface area contributed by atoms with Crippen molar-refractivity contribution in [1.82, 2.24) is 5.32 Å². The fraction of sp³-hybridized carbons (Fsp3) is 1.00. The van der Waals surface area contributed by atoms with Crippen LogP contribution in [0.25, 0.3) is 0 Å². The standard InChI is InChI=1S/C12H25NO/c1-4-11-7-9(2)5-6-12(11)13-10(3)8-14/h9-14H,4-8H2,1-3H3/t9?,10-,11?,12?/m0/s1. The molecule has 1 fully saturated rings. The van der Waals surface area contributed by atoms with Gasteiger partial charge < -0.3 is 10.4 Å². The van der Waals surface area contributed by atoms with E-state index in [4.69, 9.17) is 5.11 Å². The second kappa shape index (κ2) is 5.72. The SMILES string of the molecule is CCC1CC(C)CCC1N[C@@H](C)CO. The van der Waals surface area contributed by atoms with E-state index in [-0.39, 0.29) is 12.6 Å². The first-order valence-corrected chi connectivity index (χ1v) is 6.04. The van der Waals surface area contributed by atoms with Crippen LogP contribution >= 0.6 is 0 Å². The summed E-state index contributed by atoms with van der Waals surface area (Å²) in [5.74, 6) is 1.70. The lowest BCUT2D eigenvalue weighted by molar-refractivity contribution is 0.171. The van der Waals surface area contributed by atoms with Crippen LogP contribution in [0.15, 0.2) is 0 Å². The number of hydrogen-bond donors (Lipinski definition) is 2. The van der Waals surface area contributed by atoms with Gasteiger partial charge in [-0.2, -0.15) is 0 Å². The minimum Gasteiger partial charge on any atom is -0.395 e. The number of aliphatic hydroxyl groups excluding tert-OH is 1. The summed E-state index contributed by atoms with van der Waals surface area (Å²) < 4.78 is 0. The van der Waals surface area contributed by atoms with Gasteiger partial charge in [0.25, 0.3) is 0 Å². The zero-order chi connectivity index (χ0) is 10.6. The van der Waals surface area contributed by atoms with E-state index in [2.05, 4.69) is 26.1 Å². The van der Waals surface area contributed by atoms with Crippen molar-refractivity contribution in [3.05, 3.63) is 0 Å². The van der Waals surface area contributed by atoms with E-state index in [9.17, 15) is 0 Å². The molecule has 84 valence electrons. The highest BCUT2D eigenvalue weighted by Crippen LogP contribution is 2.31. The lowest BCUT2D eigenvalue weighted by Gasteiger charge is -2.36. The Balaban J connectivity index is 2.41. The molecule has 0 spiro atoms. The third-order valence-corrected chi connectivity index (χ3v) is 3.54. The Morgan fingerprint density at radius 1 is 1.43 bits per heavy atom. The van der Waals surface area contributed by atoms with Crippen molar-refractivity contribution in [3.63, 3.8) is 0 Å². The minimum atomic E-state index is 0.252. The fourth-order valence-electron chi connectivity index (χ4n) is 2.59. The Labute approximate surface area is 88.1 Å². The highest BCUT2D eigenvalue weighted by atomic mass is 16.3. The predicted molar refractivity (Wildman–Crippen MR) is 60.3 cm³/mol. The maximum absolute atomic E-state index is 9.01. The van der Waals surface area contributed by atoms with Crippen LogP contribution in [0, 0.1) is 11.8 Å². The van der Waals surface area contributed by atoms with E-state index in [1.807, 2.05) is 0 Å². The zero-order valence-electron chi connectivity index (χ0n) is 9.79. The second-order valence-corrected chi connectivity index (χ2v) is 4.94. The van der Waals surface area contributed by atoms with Crippen molar-refractivity contribution in [3.8, 4) is 0 Å². The summed E-state index contributed by atoms with van der Waals surface area (Å²) in [6.07, 6.45) is 5.24. The van der Waals surface area contributed by atoms with Gasteiger partial charge in [0, 0.05) is 12.1 Å². The largest absolute Gasteiger partial charge is 0.395 e. The molecule has 0 bridgehead atoms. The lowest BCUT2D eigenvalue weighted by Crippen LogP contribution is -2.45. The summed E-state index contributed by atoms with van der Waals surface area (Å²) in [6, 6.07) is 0.890. The lowest BCUT2D eigenvalue weighted by atomic mass is 9.77. The third kappa shape index (κ3) is 3.25. The van der Waals surface area contributed by atoms with Gasteiger partial charge >= 0.3 is 0 Å². The quantitative estimate of drug-likeness (QED) is 0.727. The Morgan fingerprint density at radius 2 is 2.14 bits per heavy atom. The second-order valence-electron chi connectivity index (χ2n) is 4.94. The van der Waals surface area contributed by atoms with Crippen molar-refractivity contribution >= 4 is 0 Å². The summed E-state index contributed by atoms with van der Waals surface area (Å²) in [5, 5.41) is 12.6. The molecule has 3 unspecified atom stereocenters. The van der Waals surface area contributed by atoms with Gasteiger partial charge in [-0.25, -0.2) is 0 Å². The molecule has 4 atom stereocenters. The van der Waals surface area contributed by atoms with Crippen LogP contribution in [0.3, 0.4) is 0 Å². The first-order chi connectivity index (χ1) is 6.67. The fourth-order valence-corrected chi connectivity index (χ4v) is 2.59. The molecule has 0 aromatic heterocycles. The van der Waals surface area contributed by atoms with Gasteiger partial charge in [-0.1, -0.05) is 20.3 Å². The average Bonchev–Trinajstić information content (AvgIpc) is 2.20. The van der Waals surface area contributed by atoms with E-state index in [1.165, 1.54) is 25.7 Å². The summed E-state index contributed by atoms with van der Waals surface area (Å²) in [5.41, 5.74) is 0. The highest BCUT2D eigenvalue weighted by molar-refractivity contribution is 4.84. The normalized spacial score (nSPS) is 35.6. The smallest absolute Gasteiger partial charge is 0.0582 e. The Hall–Kier alpha value is -0.0800. The summed E-state index contributed by atoms with van der Waals surface area (Å²) in [4.78, 5) is 0. The summed E-state index contributed by atoms with van der Waals surface area (Å²) >= 11 is 0. The first kappa shape index (κ1) is 12.0. The van der Waals surface area contributed by atoms with Crippen molar-refractivity contribution in [1.29, 1.82) is 0 Å². The molecular formula is C12H25NO. The van der Waals surface area contributed by atoms with Gasteiger partial charge in [0.05, 0.1) is 6.61 Å². The molecule has 0 heterocycles. The van der Waals surface area contributed by atoms with Crippen molar-refractivity contribution in [2.75, 3.05) is 6.61 Å². The van der Waals surface area contributed by atoms with E-state index < -0.39 is 0 Å². The molecule has 1 rings (SSSR count). The van der Waals surface area contributed by atoms with Crippen LogP contribution in [0.2, 0.25) is 0 Å². The molecule has 2 heteroatoms. The number of nitrogens with one attached hydrogen (secondary N) is 1. The van der Waals surface area contributed by atoms with Crippen LogP contribution in [-0.4, -0.2) is 23.8 Å². The maximum Gasteiger partial charge on any atom is 0.0582 e. The predicted octanol–water partition coefficient (Wildman–Crippen LogP) is 2.17. The molecule has 1 aliphatic carbocycles. The van der Waals surface area contributed by atoms with Crippen LogP contribution in [0.4, 0.5) is 0 Å². The van der Waals surface area contributed by atoms with Crippen LogP contribution in [0.5, 0.6) is 0 Å². The Bertz CT molecular complexity index is 160. The highest BCUT2D eigenvalue weighted by Gasteiger charge is 2.27. The van der Waals surface area contributed by atoms with E-state index >= 15 is 0 Å². The van der Waals surface area contributed by atoms with Gasteiger partial charge in [-0.15, -0.1) is 0 Å². The third-order valence-electron chi connectivity index (χ3n) is 3.54. The molecule has 1 saturated carbocycles. The number of hydrogen-bond acceptors (Lipinski definition) is 2. The van der Waals surface area contributed by atoms with Crippen LogP contribution < -0.4 is 5.32 Å². The Kier molecular flexibility index (Phi) is 4.90. The number of aliphatic hydroxyl groups is 1. The Morgan fingerprint density at radius 3 is 2.71 bits per heavy atom. The summed E-state index contributed by atoms with van der Waals surface area (Å²) in [7, 11) is 0. The van der Waals surface area contributed by atoms with E-state index in [0.717, 1.165) is 11.8 Å². The molecule has 0 aromatic rings. The molecule has 0 aromatic carbocycles. The van der Waals surface area contributed by atoms with Gasteiger partial charge in [0.15, 0.2) is 0 Å². The van der Waals surface area contributed by atoms with Gasteiger partial charge in [0.1, 0.15) is 0 Å².